The molecular weight excluding hydrogens is 422 g/mol. The number of H-pyrrole nitrogens is 2. The first-order valence-electron chi connectivity index (χ1n) is 12.1. The molecule has 0 spiro atoms. The van der Waals surface area contributed by atoms with E-state index in [9.17, 15) is 4.79 Å². The summed E-state index contributed by atoms with van der Waals surface area (Å²) in [7, 11) is 0. The number of para-hydroxylation sites is 1. The summed E-state index contributed by atoms with van der Waals surface area (Å²) < 4.78 is 5.97. The fraction of sp³-hybridized carbons (Fsp3) is 0.276. The summed E-state index contributed by atoms with van der Waals surface area (Å²) in [5, 5.41) is 3.47. The number of carbonyl (C=O) groups excluding carboxylic acids is 1. The number of benzene rings is 3. The molecule has 0 radical (unpaired) electrons. The van der Waals surface area contributed by atoms with Crippen LogP contribution in [0.4, 0.5) is 0 Å². The van der Waals surface area contributed by atoms with Gasteiger partial charge < -0.3 is 14.7 Å². The number of aromatic amines is 2. The molecule has 0 saturated carbocycles. The van der Waals surface area contributed by atoms with Gasteiger partial charge in [-0.2, -0.15) is 0 Å². The van der Waals surface area contributed by atoms with Crippen molar-refractivity contribution in [2.75, 3.05) is 13.1 Å². The molecule has 3 heterocycles. The second-order valence-corrected chi connectivity index (χ2v) is 9.51. The molecule has 1 aliphatic rings. The van der Waals surface area contributed by atoms with Gasteiger partial charge in [0, 0.05) is 46.8 Å². The van der Waals surface area contributed by atoms with Gasteiger partial charge in [0.2, 0.25) is 0 Å². The van der Waals surface area contributed by atoms with Crippen molar-refractivity contribution >= 4 is 38.7 Å². The zero-order valence-electron chi connectivity index (χ0n) is 19.7. The van der Waals surface area contributed by atoms with Crippen LogP contribution in [-0.4, -0.2) is 40.0 Å². The van der Waals surface area contributed by atoms with Crippen LogP contribution in [0.25, 0.3) is 32.7 Å². The SMILES string of the molecule is Cc1c(C(=O)OC2CCN(Cc3ccccc3)CC2)[nH]c2cc3c([nH]c4ccccc43)c(C)c12. The average Bonchev–Trinajstić information content (AvgIpc) is 3.39. The lowest BCUT2D eigenvalue weighted by Crippen LogP contribution is -2.37. The number of esters is 1. The van der Waals surface area contributed by atoms with E-state index in [0.717, 1.165) is 65.5 Å². The predicted molar refractivity (Wildman–Crippen MR) is 137 cm³/mol. The van der Waals surface area contributed by atoms with Crippen LogP contribution in [0, 0.1) is 13.8 Å². The van der Waals surface area contributed by atoms with Crippen molar-refractivity contribution < 1.29 is 9.53 Å². The van der Waals surface area contributed by atoms with Crippen molar-refractivity contribution in [3.05, 3.63) is 83.0 Å². The Kier molecular flexibility index (Phi) is 5.15. The third kappa shape index (κ3) is 3.57. The van der Waals surface area contributed by atoms with Crippen LogP contribution in [0.5, 0.6) is 0 Å². The Bertz CT molecular complexity index is 1500. The van der Waals surface area contributed by atoms with Crippen molar-refractivity contribution in [2.24, 2.45) is 0 Å². The molecule has 5 heteroatoms. The number of ether oxygens (including phenoxy) is 1. The molecule has 0 aliphatic carbocycles. The third-order valence-electron chi connectivity index (χ3n) is 7.33. The maximum absolute atomic E-state index is 13.2. The minimum Gasteiger partial charge on any atom is -0.458 e. The molecule has 1 aliphatic heterocycles. The van der Waals surface area contributed by atoms with Gasteiger partial charge in [0.1, 0.15) is 11.8 Å². The van der Waals surface area contributed by atoms with Crippen LogP contribution < -0.4 is 0 Å². The Morgan fingerprint density at radius 1 is 0.912 bits per heavy atom. The monoisotopic (exact) mass is 451 g/mol. The lowest BCUT2D eigenvalue weighted by Gasteiger charge is -2.31. The summed E-state index contributed by atoms with van der Waals surface area (Å²) in [6.45, 7) is 6.96. The van der Waals surface area contributed by atoms with Gasteiger partial charge in [0.05, 0.1) is 5.52 Å². The van der Waals surface area contributed by atoms with E-state index < -0.39 is 0 Å². The fourth-order valence-electron chi connectivity index (χ4n) is 5.53. The van der Waals surface area contributed by atoms with Crippen LogP contribution in [0.2, 0.25) is 0 Å². The molecule has 1 saturated heterocycles. The molecule has 5 nitrogen and oxygen atoms in total. The number of hydrogen-bond acceptors (Lipinski definition) is 3. The van der Waals surface area contributed by atoms with Crippen molar-refractivity contribution in [3.63, 3.8) is 0 Å². The number of carbonyl (C=O) groups is 1. The molecule has 3 aromatic carbocycles. The van der Waals surface area contributed by atoms with E-state index in [1.807, 2.05) is 19.1 Å². The van der Waals surface area contributed by atoms with Gasteiger partial charge in [0.25, 0.3) is 0 Å². The standard InChI is InChI=1S/C29H29N3O2/c1-18-26-19(2)28(31-25(26)16-23-22-10-6-7-11-24(22)30-27(18)23)29(33)34-21-12-14-32(15-13-21)17-20-8-4-3-5-9-20/h3-11,16,21,30-31H,12-15,17H2,1-2H3. The fourth-order valence-corrected chi connectivity index (χ4v) is 5.53. The second-order valence-electron chi connectivity index (χ2n) is 9.51. The lowest BCUT2D eigenvalue weighted by atomic mass is 10.0. The third-order valence-corrected chi connectivity index (χ3v) is 7.33. The van der Waals surface area contributed by atoms with E-state index >= 15 is 0 Å². The van der Waals surface area contributed by atoms with Gasteiger partial charge in [-0.15, -0.1) is 0 Å². The number of piperidine rings is 1. The maximum Gasteiger partial charge on any atom is 0.355 e. The van der Waals surface area contributed by atoms with Gasteiger partial charge in [-0.25, -0.2) is 4.79 Å². The Hall–Kier alpha value is -3.57. The molecule has 2 aromatic heterocycles. The topological polar surface area (TPSA) is 61.1 Å². The van der Waals surface area contributed by atoms with Crippen LogP contribution in [-0.2, 0) is 11.3 Å². The van der Waals surface area contributed by atoms with E-state index in [2.05, 4.69) is 70.3 Å². The van der Waals surface area contributed by atoms with E-state index in [1.165, 1.54) is 16.3 Å². The van der Waals surface area contributed by atoms with E-state index in [1.54, 1.807) is 0 Å². The zero-order chi connectivity index (χ0) is 23.2. The quantitative estimate of drug-likeness (QED) is 0.318. The normalized spacial score (nSPS) is 15.5. The first-order valence-corrected chi connectivity index (χ1v) is 12.1. The van der Waals surface area contributed by atoms with Crippen LogP contribution in [0.1, 0.15) is 40.0 Å². The van der Waals surface area contributed by atoms with Crippen LogP contribution in [0.3, 0.4) is 0 Å². The minimum atomic E-state index is -0.247. The van der Waals surface area contributed by atoms with Crippen LogP contribution >= 0.6 is 0 Å². The smallest absolute Gasteiger partial charge is 0.355 e. The highest BCUT2D eigenvalue weighted by atomic mass is 16.5. The second kappa shape index (κ2) is 8.33. The number of aryl methyl sites for hydroxylation is 2. The summed E-state index contributed by atoms with van der Waals surface area (Å²) in [4.78, 5) is 22.5. The Morgan fingerprint density at radius 2 is 1.65 bits per heavy atom. The number of rotatable bonds is 4. The average molecular weight is 452 g/mol. The molecule has 0 amide bonds. The molecule has 34 heavy (non-hydrogen) atoms. The Balaban J connectivity index is 1.21. The largest absolute Gasteiger partial charge is 0.458 e. The predicted octanol–water partition coefficient (Wildman–Crippen LogP) is 6.24. The van der Waals surface area contributed by atoms with Crippen molar-refractivity contribution in [1.82, 2.24) is 14.9 Å². The number of nitrogens with zero attached hydrogens (tertiary/aromatic N) is 1. The van der Waals surface area contributed by atoms with E-state index in [0.29, 0.717) is 5.69 Å². The first-order chi connectivity index (χ1) is 16.6. The number of nitrogens with one attached hydrogen (secondary N) is 2. The molecule has 5 aromatic rings. The molecule has 0 unspecified atom stereocenters. The number of hydrogen-bond donors (Lipinski definition) is 2. The van der Waals surface area contributed by atoms with Gasteiger partial charge in [-0.3, -0.25) is 4.90 Å². The summed E-state index contributed by atoms with van der Waals surface area (Å²) in [5.74, 6) is -0.247. The molecule has 172 valence electrons. The Labute approximate surface area is 198 Å². The zero-order valence-corrected chi connectivity index (χ0v) is 19.7. The summed E-state index contributed by atoms with van der Waals surface area (Å²) in [5.41, 5.74) is 7.25. The summed E-state index contributed by atoms with van der Waals surface area (Å²) >= 11 is 0. The van der Waals surface area contributed by atoms with Gasteiger partial charge in [-0.1, -0.05) is 48.5 Å². The highest BCUT2D eigenvalue weighted by Gasteiger charge is 2.26. The highest BCUT2D eigenvalue weighted by molar-refractivity contribution is 6.15. The highest BCUT2D eigenvalue weighted by Crippen LogP contribution is 2.35. The molecule has 0 bridgehead atoms. The van der Waals surface area contributed by atoms with E-state index in [-0.39, 0.29) is 12.1 Å². The van der Waals surface area contributed by atoms with Gasteiger partial charge in [0.15, 0.2) is 0 Å². The summed E-state index contributed by atoms with van der Waals surface area (Å²) in [6.07, 6.45) is 1.70. The summed E-state index contributed by atoms with van der Waals surface area (Å²) in [6, 6.07) is 21.0. The van der Waals surface area contributed by atoms with Crippen molar-refractivity contribution in [2.45, 2.75) is 39.3 Å². The molecular formula is C29H29N3O2. The molecule has 2 N–H and O–H groups in total. The lowest BCUT2D eigenvalue weighted by molar-refractivity contribution is 0.00984. The van der Waals surface area contributed by atoms with Crippen molar-refractivity contribution in [3.8, 4) is 0 Å². The number of aromatic nitrogens is 2. The van der Waals surface area contributed by atoms with Crippen LogP contribution in [0.15, 0.2) is 60.7 Å². The van der Waals surface area contributed by atoms with Crippen molar-refractivity contribution in [1.29, 1.82) is 0 Å². The first kappa shape index (κ1) is 21.0. The maximum atomic E-state index is 13.2. The number of likely N-dealkylation sites (tertiary alicyclic amines) is 1. The van der Waals surface area contributed by atoms with Gasteiger partial charge >= 0.3 is 5.97 Å². The van der Waals surface area contributed by atoms with Gasteiger partial charge in [-0.05, 0) is 55.5 Å². The minimum absolute atomic E-state index is 0.0371. The molecule has 6 rings (SSSR count). The Morgan fingerprint density at radius 3 is 2.44 bits per heavy atom. The molecule has 1 fully saturated rings. The van der Waals surface area contributed by atoms with E-state index in [4.69, 9.17) is 4.74 Å². The number of fused-ring (bicyclic) bond motifs is 4. The molecule has 0 atom stereocenters.